The van der Waals surface area contributed by atoms with E-state index in [0.717, 1.165) is 16.2 Å². The number of benzene rings is 3. The van der Waals surface area contributed by atoms with Crippen LogP contribution in [0.2, 0.25) is 0 Å². The molecule has 0 saturated carbocycles. The fourth-order valence-corrected chi connectivity index (χ4v) is 9.48. The van der Waals surface area contributed by atoms with Crippen LogP contribution in [0.3, 0.4) is 0 Å². The van der Waals surface area contributed by atoms with E-state index in [1.165, 1.54) is 43.5 Å². The summed E-state index contributed by atoms with van der Waals surface area (Å²) < 4.78 is 130. The van der Waals surface area contributed by atoms with E-state index in [-0.39, 0.29) is 36.0 Å². The molecule has 8 rings (SSSR count). The van der Waals surface area contributed by atoms with Crippen LogP contribution in [0.25, 0.3) is 11.3 Å². The Bertz CT molecular complexity index is 2800. The zero-order valence-corrected chi connectivity index (χ0v) is 35.7. The van der Waals surface area contributed by atoms with Crippen LogP contribution in [-0.2, 0) is 73.7 Å². The monoisotopic (exact) mass is 916 g/mol. The van der Waals surface area contributed by atoms with Crippen molar-refractivity contribution in [3.8, 4) is 5.69 Å². The molecular formula is C44H40F7N4O8P. The van der Waals surface area contributed by atoms with Crippen molar-refractivity contribution in [2.45, 2.75) is 89.7 Å². The van der Waals surface area contributed by atoms with Gasteiger partial charge in [0.2, 0.25) is 6.79 Å². The number of nitrogens with zero attached hydrogens (tertiary/aromatic N) is 4. The maximum atomic E-state index is 17.4. The first-order valence-electron chi connectivity index (χ1n) is 19.8. The fraction of sp³-hybridized carbons (Fsp3) is 0.341. The number of rotatable bonds is 9. The number of aryl methyl sites for hydroxylation is 1. The summed E-state index contributed by atoms with van der Waals surface area (Å²) in [6.45, 7) is 6.95. The lowest BCUT2D eigenvalue weighted by molar-refractivity contribution is -0.143. The van der Waals surface area contributed by atoms with E-state index in [2.05, 4.69) is 4.52 Å². The van der Waals surface area contributed by atoms with Crippen molar-refractivity contribution in [2.75, 3.05) is 6.79 Å². The number of halogens is 7. The van der Waals surface area contributed by atoms with Crippen molar-refractivity contribution in [3.05, 3.63) is 146 Å². The predicted octanol–water partition coefficient (Wildman–Crippen LogP) is 9.83. The van der Waals surface area contributed by atoms with Gasteiger partial charge in [-0.1, -0.05) is 43.3 Å². The minimum Gasteiger partial charge on any atom is -0.424 e. The van der Waals surface area contributed by atoms with Crippen molar-refractivity contribution in [1.29, 1.82) is 0 Å². The number of ether oxygens (including phenoxy) is 2. The first-order valence-corrected chi connectivity index (χ1v) is 21.4. The van der Waals surface area contributed by atoms with E-state index in [0.29, 0.717) is 57.4 Å². The average molecular weight is 917 g/mol. The topological polar surface area (TPSA) is 145 Å². The molecule has 0 spiro atoms. The molecule has 0 bridgehead atoms. The van der Waals surface area contributed by atoms with Gasteiger partial charge in [0.1, 0.15) is 0 Å². The molecule has 4 heterocycles. The molecule has 0 saturated heterocycles. The van der Waals surface area contributed by atoms with E-state index < -0.39 is 73.4 Å². The van der Waals surface area contributed by atoms with Crippen molar-refractivity contribution < 1.29 is 68.7 Å². The van der Waals surface area contributed by atoms with E-state index in [4.69, 9.17) is 24.4 Å². The second-order valence-electron chi connectivity index (χ2n) is 16.7. The quantitative estimate of drug-likeness (QED) is 0.0635. The van der Waals surface area contributed by atoms with E-state index >= 15 is 4.39 Å². The highest BCUT2D eigenvalue weighted by atomic mass is 31.2. The van der Waals surface area contributed by atoms with Gasteiger partial charge in [-0.2, -0.15) is 31.4 Å². The number of fused-ring (bicyclic) bond motifs is 10. The summed E-state index contributed by atoms with van der Waals surface area (Å²) in [5.74, 6) is -0.903. The number of alkyl halides is 7. The third-order valence-corrected chi connectivity index (χ3v) is 12.7. The Hall–Kier alpha value is -5.59. The maximum Gasteiger partial charge on any atom is 0.469 e. The maximum absolute atomic E-state index is 17.4. The van der Waals surface area contributed by atoms with Crippen molar-refractivity contribution in [2.24, 2.45) is 0 Å². The highest BCUT2D eigenvalue weighted by Gasteiger charge is 2.56. The molecule has 2 aliphatic heterocycles. The molecule has 2 aromatic heterocycles. The van der Waals surface area contributed by atoms with Crippen LogP contribution in [0.4, 0.5) is 35.5 Å². The van der Waals surface area contributed by atoms with Crippen LogP contribution < -0.4 is 0 Å². The largest absolute Gasteiger partial charge is 0.469 e. The Morgan fingerprint density at radius 3 is 2.23 bits per heavy atom. The summed E-state index contributed by atoms with van der Waals surface area (Å²) in [7, 11) is -4.72. The second-order valence-corrected chi connectivity index (χ2v) is 17.9. The van der Waals surface area contributed by atoms with Crippen LogP contribution in [0, 0.1) is 0 Å². The normalized spacial score (nSPS) is 20.1. The Morgan fingerprint density at radius 1 is 0.891 bits per heavy atom. The van der Waals surface area contributed by atoms with Crippen LogP contribution in [0.1, 0.15) is 107 Å². The number of phosphoric acid groups is 1. The van der Waals surface area contributed by atoms with Crippen LogP contribution >= 0.6 is 7.82 Å². The SMILES string of the molecule is CCc1cccc2c1-n1nc3c(c1C1(C)C2=CC(C)(F)c2c1ccn2C(=O)OCOC(=O)c1ccc(COP(=O)(O)O)cc1)CN(Cc1ccc(C(F)(F)F)cc1C(F)(F)F)C3(C)C. The van der Waals surface area contributed by atoms with Gasteiger partial charge >= 0.3 is 32.2 Å². The smallest absolute Gasteiger partial charge is 0.424 e. The third kappa shape index (κ3) is 7.55. The molecule has 338 valence electrons. The minimum atomic E-state index is -5.08. The number of hydrogen-bond donors (Lipinski definition) is 2. The van der Waals surface area contributed by atoms with Crippen LogP contribution in [0.5, 0.6) is 0 Å². The molecule has 2 unspecified atom stereocenters. The van der Waals surface area contributed by atoms with E-state index in [9.17, 15) is 40.5 Å². The van der Waals surface area contributed by atoms with Gasteiger partial charge in [0, 0.05) is 30.4 Å². The molecular weight excluding hydrogens is 876 g/mol. The molecule has 1 aliphatic carbocycles. The molecule has 20 heteroatoms. The molecule has 64 heavy (non-hydrogen) atoms. The summed E-state index contributed by atoms with van der Waals surface area (Å²) in [4.78, 5) is 46.0. The van der Waals surface area contributed by atoms with E-state index in [1.54, 1.807) is 29.5 Å². The molecule has 3 aromatic carbocycles. The highest BCUT2D eigenvalue weighted by Crippen LogP contribution is 2.60. The van der Waals surface area contributed by atoms with Crippen molar-refractivity contribution >= 4 is 25.5 Å². The van der Waals surface area contributed by atoms with Gasteiger partial charge in [-0.15, -0.1) is 0 Å². The van der Waals surface area contributed by atoms with Gasteiger partial charge in [0.25, 0.3) is 0 Å². The summed E-state index contributed by atoms with van der Waals surface area (Å²) in [6.07, 6.45) is -7.86. The molecule has 2 atom stereocenters. The number of esters is 1. The molecule has 0 radical (unpaired) electrons. The summed E-state index contributed by atoms with van der Waals surface area (Å²) in [5.41, 5.74) is -2.72. The standard InChI is InChI=1S/C44H40F7N4O8P/c1-6-25-8-7-9-29-33-19-41(4,45)37-31(16-17-54(37)39(57)62-23-61-38(56)26-12-10-24(11-13-26)22-63-64(58,59)60)42(33,5)36-30-21-53(40(2,3)35(30)52-55(36)34(25)29)20-27-14-15-28(43(46,47)48)18-32(27)44(49,50)51/h7-19H,6,20-23H2,1-5H3,(H2,58,59,60). The average Bonchev–Trinajstić information content (AvgIpc) is 3.91. The predicted molar refractivity (Wildman–Crippen MR) is 214 cm³/mol. The lowest BCUT2D eigenvalue weighted by atomic mass is 9.62. The molecule has 5 aromatic rings. The number of hydrogen-bond acceptors (Lipinski definition) is 8. The lowest BCUT2D eigenvalue weighted by Crippen LogP contribution is -2.42. The Balaban J connectivity index is 1.14. The van der Waals surface area contributed by atoms with Crippen LogP contribution in [0.15, 0.2) is 79.0 Å². The zero-order valence-electron chi connectivity index (χ0n) is 34.8. The van der Waals surface area contributed by atoms with E-state index in [1.807, 2.05) is 32.0 Å². The fourth-order valence-electron chi connectivity index (χ4n) is 9.16. The molecule has 12 nitrogen and oxygen atoms in total. The zero-order chi connectivity index (χ0) is 46.5. The number of carbonyl (C=O) groups is 2. The number of aromatic nitrogens is 3. The van der Waals surface area contributed by atoms with Gasteiger partial charge < -0.3 is 19.3 Å². The first kappa shape index (κ1) is 45.0. The molecule has 3 aliphatic rings. The Labute approximate surface area is 361 Å². The number of phosphoric ester groups is 1. The van der Waals surface area contributed by atoms with Crippen molar-refractivity contribution in [1.82, 2.24) is 19.2 Å². The van der Waals surface area contributed by atoms with Crippen LogP contribution in [-0.4, -0.2) is 47.9 Å². The lowest BCUT2D eigenvalue weighted by Gasteiger charge is -2.45. The number of para-hydroxylation sites is 1. The number of carbonyl (C=O) groups excluding carboxylic acids is 2. The Kier molecular flexibility index (Phi) is 10.7. The summed E-state index contributed by atoms with van der Waals surface area (Å²) in [5, 5.41) is 5.14. The molecule has 0 fully saturated rings. The number of allylic oxidation sites excluding steroid dienone is 2. The summed E-state index contributed by atoms with van der Waals surface area (Å²) >= 11 is 0. The Morgan fingerprint density at radius 2 is 1.59 bits per heavy atom. The second kappa shape index (κ2) is 15.3. The highest BCUT2D eigenvalue weighted by molar-refractivity contribution is 7.46. The summed E-state index contributed by atoms with van der Waals surface area (Å²) in [6, 6.07) is 14.2. The first-order chi connectivity index (χ1) is 29.8. The van der Waals surface area contributed by atoms with Gasteiger partial charge in [0.05, 0.1) is 57.0 Å². The molecule has 0 amide bonds. The van der Waals surface area contributed by atoms with Crippen molar-refractivity contribution in [3.63, 3.8) is 0 Å². The van der Waals surface area contributed by atoms with Gasteiger partial charge in [-0.05, 0) is 98.4 Å². The molecule has 2 N–H and O–H groups in total. The van der Waals surface area contributed by atoms with Gasteiger partial charge in [-0.25, -0.2) is 23.2 Å². The minimum absolute atomic E-state index is 0.0166. The van der Waals surface area contributed by atoms with Gasteiger partial charge in [0.15, 0.2) is 5.67 Å². The third-order valence-electron chi connectivity index (χ3n) is 12.3. The van der Waals surface area contributed by atoms with Gasteiger partial charge in [-0.3, -0.25) is 14.0 Å².